The van der Waals surface area contributed by atoms with Gasteiger partial charge in [0, 0.05) is 18.7 Å². The molecule has 1 saturated heterocycles. The van der Waals surface area contributed by atoms with Crippen LogP contribution in [0.1, 0.15) is 23.2 Å². The van der Waals surface area contributed by atoms with Crippen molar-refractivity contribution in [2.75, 3.05) is 26.7 Å². The number of nitrogens with zero attached hydrogens (tertiary/aromatic N) is 1. The summed E-state index contributed by atoms with van der Waals surface area (Å²) in [6.45, 7) is 2.38. The highest BCUT2D eigenvalue weighted by molar-refractivity contribution is 5.97. The van der Waals surface area contributed by atoms with E-state index in [1.165, 1.54) is 0 Å². The van der Waals surface area contributed by atoms with E-state index in [9.17, 15) is 9.90 Å². The second-order valence-corrected chi connectivity index (χ2v) is 5.99. The minimum Gasteiger partial charge on any atom is -0.497 e. The number of rotatable bonds is 4. The van der Waals surface area contributed by atoms with E-state index < -0.39 is 0 Å². The Bertz CT molecular complexity index is 471. The summed E-state index contributed by atoms with van der Waals surface area (Å²) in [6, 6.07) is 7.29. The Kier molecular flexibility index (Phi) is 3.76. The van der Waals surface area contributed by atoms with Crippen molar-refractivity contribution in [3.8, 4) is 5.75 Å². The number of carbonyl (C=O) groups excluding carboxylic acids is 1. The van der Waals surface area contributed by atoms with Gasteiger partial charge in [-0.1, -0.05) is 0 Å². The topological polar surface area (TPSA) is 49.8 Å². The van der Waals surface area contributed by atoms with Gasteiger partial charge in [0.2, 0.25) is 0 Å². The van der Waals surface area contributed by atoms with Crippen LogP contribution < -0.4 is 4.74 Å². The van der Waals surface area contributed by atoms with Crippen molar-refractivity contribution < 1.29 is 14.6 Å². The molecule has 1 N–H and O–H groups in total. The predicted molar refractivity (Wildman–Crippen MR) is 76.0 cm³/mol. The zero-order chi connectivity index (χ0) is 14.1. The third kappa shape index (κ3) is 2.72. The first-order valence-electron chi connectivity index (χ1n) is 7.23. The lowest BCUT2D eigenvalue weighted by molar-refractivity contribution is 0.0935. The van der Waals surface area contributed by atoms with E-state index in [0.717, 1.165) is 37.2 Å². The number of carbonyl (C=O) groups is 1. The van der Waals surface area contributed by atoms with Gasteiger partial charge < -0.3 is 9.84 Å². The average Bonchev–Trinajstić information content (AvgIpc) is 2.95. The van der Waals surface area contributed by atoms with E-state index in [4.69, 9.17) is 4.74 Å². The molecule has 2 aliphatic rings. The van der Waals surface area contributed by atoms with Crippen LogP contribution in [0.15, 0.2) is 24.3 Å². The van der Waals surface area contributed by atoms with Crippen LogP contribution >= 0.6 is 0 Å². The second kappa shape index (κ2) is 5.54. The monoisotopic (exact) mass is 275 g/mol. The van der Waals surface area contributed by atoms with Crippen LogP contribution in [0, 0.1) is 11.8 Å². The van der Waals surface area contributed by atoms with Gasteiger partial charge in [0.15, 0.2) is 5.78 Å². The Balaban J connectivity index is 1.57. The molecule has 4 heteroatoms. The van der Waals surface area contributed by atoms with Crippen LogP contribution in [-0.2, 0) is 0 Å². The molecule has 1 aliphatic heterocycles. The van der Waals surface area contributed by atoms with Crippen molar-refractivity contribution in [2.45, 2.75) is 18.9 Å². The zero-order valence-corrected chi connectivity index (χ0v) is 11.8. The van der Waals surface area contributed by atoms with E-state index in [1.807, 2.05) is 24.3 Å². The van der Waals surface area contributed by atoms with Gasteiger partial charge in [-0.25, -0.2) is 0 Å². The average molecular weight is 275 g/mol. The number of likely N-dealkylation sites (tertiary alicyclic amines) is 1. The lowest BCUT2D eigenvalue weighted by Crippen LogP contribution is -2.29. The first-order valence-corrected chi connectivity index (χ1v) is 7.23. The molecule has 1 unspecified atom stereocenters. The van der Waals surface area contributed by atoms with Crippen LogP contribution in [0.2, 0.25) is 0 Å². The Morgan fingerprint density at radius 1 is 1.25 bits per heavy atom. The largest absolute Gasteiger partial charge is 0.497 e. The third-order valence-electron chi connectivity index (χ3n) is 4.58. The van der Waals surface area contributed by atoms with Gasteiger partial charge in [-0.05, 0) is 48.9 Å². The van der Waals surface area contributed by atoms with Crippen LogP contribution in [0.5, 0.6) is 5.75 Å². The molecule has 0 amide bonds. The number of Topliss-reactive ketones (excluding diaryl/α,β-unsaturated/α-hetero) is 1. The number of benzene rings is 1. The van der Waals surface area contributed by atoms with Crippen molar-refractivity contribution >= 4 is 5.78 Å². The number of aliphatic hydroxyl groups excluding tert-OH is 1. The molecule has 0 bridgehead atoms. The van der Waals surface area contributed by atoms with Crippen molar-refractivity contribution in [1.29, 1.82) is 0 Å². The Morgan fingerprint density at radius 2 is 1.85 bits per heavy atom. The number of hydrogen-bond donors (Lipinski definition) is 1. The highest BCUT2D eigenvalue weighted by Gasteiger charge is 2.40. The zero-order valence-electron chi connectivity index (χ0n) is 11.8. The molecular formula is C16H21NO3. The minimum atomic E-state index is -0.121. The summed E-state index contributed by atoms with van der Waals surface area (Å²) in [5, 5.41) is 9.63. The number of ketones is 1. The molecule has 1 saturated carbocycles. The normalized spacial score (nSPS) is 29.4. The molecule has 0 radical (unpaired) electrons. The standard InChI is InChI=1S/C16H21NO3/c1-20-15-4-2-11(3-5-15)16(19)10-17-8-12-6-14(18)7-13(12)9-17/h2-5,12-14,18H,6-10H2,1H3/t12-,13+,14?. The summed E-state index contributed by atoms with van der Waals surface area (Å²) in [6.07, 6.45) is 1.68. The lowest BCUT2D eigenvalue weighted by atomic mass is 10.0. The number of methoxy groups -OCH3 is 1. The van der Waals surface area contributed by atoms with Crippen LogP contribution in [0.4, 0.5) is 0 Å². The number of hydrogen-bond acceptors (Lipinski definition) is 4. The number of ether oxygens (including phenoxy) is 1. The van der Waals surface area contributed by atoms with Crippen LogP contribution in [-0.4, -0.2) is 48.6 Å². The Morgan fingerprint density at radius 3 is 2.40 bits per heavy atom. The second-order valence-electron chi connectivity index (χ2n) is 5.99. The first kappa shape index (κ1) is 13.6. The van der Waals surface area contributed by atoms with Crippen molar-refractivity contribution in [3.63, 3.8) is 0 Å². The molecule has 108 valence electrons. The molecule has 20 heavy (non-hydrogen) atoms. The number of fused-ring (bicyclic) bond motifs is 1. The van der Waals surface area contributed by atoms with Crippen LogP contribution in [0.3, 0.4) is 0 Å². The Labute approximate surface area is 119 Å². The summed E-state index contributed by atoms with van der Waals surface area (Å²) < 4.78 is 5.10. The van der Waals surface area contributed by atoms with Gasteiger partial charge in [0.25, 0.3) is 0 Å². The van der Waals surface area contributed by atoms with Gasteiger partial charge in [0.05, 0.1) is 19.8 Å². The molecule has 3 rings (SSSR count). The van der Waals surface area contributed by atoms with Gasteiger partial charge in [0.1, 0.15) is 5.75 Å². The molecule has 3 atom stereocenters. The van der Waals surface area contributed by atoms with E-state index in [2.05, 4.69) is 4.90 Å². The van der Waals surface area contributed by atoms with Gasteiger partial charge in [-0.3, -0.25) is 9.69 Å². The van der Waals surface area contributed by atoms with E-state index in [1.54, 1.807) is 7.11 Å². The molecule has 1 aliphatic carbocycles. The molecule has 0 spiro atoms. The molecule has 0 aromatic heterocycles. The SMILES string of the molecule is COc1ccc(C(=O)CN2C[C@H]3CC(O)C[C@H]3C2)cc1. The fourth-order valence-electron chi connectivity index (χ4n) is 3.57. The van der Waals surface area contributed by atoms with Gasteiger partial charge in [-0.15, -0.1) is 0 Å². The molecule has 2 fully saturated rings. The molecule has 1 aromatic rings. The smallest absolute Gasteiger partial charge is 0.176 e. The lowest BCUT2D eigenvalue weighted by Gasteiger charge is -2.16. The Hall–Kier alpha value is -1.39. The fourth-order valence-corrected chi connectivity index (χ4v) is 3.57. The van der Waals surface area contributed by atoms with Crippen LogP contribution in [0.25, 0.3) is 0 Å². The van der Waals surface area contributed by atoms with Crippen molar-refractivity contribution in [2.24, 2.45) is 11.8 Å². The summed E-state index contributed by atoms with van der Waals surface area (Å²) in [5.41, 5.74) is 0.739. The van der Waals surface area contributed by atoms with E-state index in [-0.39, 0.29) is 11.9 Å². The molecule has 1 aromatic carbocycles. The molecule has 4 nitrogen and oxygen atoms in total. The summed E-state index contributed by atoms with van der Waals surface area (Å²) in [7, 11) is 1.62. The summed E-state index contributed by atoms with van der Waals surface area (Å²) >= 11 is 0. The highest BCUT2D eigenvalue weighted by atomic mass is 16.5. The highest BCUT2D eigenvalue weighted by Crippen LogP contribution is 2.37. The van der Waals surface area contributed by atoms with Gasteiger partial charge in [-0.2, -0.15) is 0 Å². The maximum Gasteiger partial charge on any atom is 0.176 e. The van der Waals surface area contributed by atoms with E-state index in [0.29, 0.717) is 18.4 Å². The van der Waals surface area contributed by atoms with Crippen molar-refractivity contribution in [3.05, 3.63) is 29.8 Å². The third-order valence-corrected chi connectivity index (χ3v) is 4.58. The van der Waals surface area contributed by atoms with E-state index >= 15 is 0 Å². The minimum absolute atomic E-state index is 0.121. The quantitative estimate of drug-likeness (QED) is 0.848. The maximum absolute atomic E-state index is 12.3. The van der Waals surface area contributed by atoms with Crippen molar-refractivity contribution in [1.82, 2.24) is 4.90 Å². The predicted octanol–water partition coefficient (Wildman–Crippen LogP) is 1.58. The van der Waals surface area contributed by atoms with Gasteiger partial charge >= 0.3 is 0 Å². The first-order chi connectivity index (χ1) is 9.65. The number of aliphatic hydroxyl groups is 1. The summed E-state index contributed by atoms with van der Waals surface area (Å²) in [5.74, 6) is 2.08. The molecular weight excluding hydrogens is 254 g/mol. The summed E-state index contributed by atoms with van der Waals surface area (Å²) in [4.78, 5) is 14.5. The molecule has 1 heterocycles. The fraction of sp³-hybridized carbons (Fsp3) is 0.562. The maximum atomic E-state index is 12.3.